The third-order valence-electron chi connectivity index (χ3n) is 5.59. The molecular formula is C24H27N3O5S. The molecule has 0 unspecified atom stereocenters. The van der Waals surface area contributed by atoms with Crippen molar-refractivity contribution in [3.63, 3.8) is 0 Å². The lowest BCUT2D eigenvalue weighted by molar-refractivity contribution is 0.102. The van der Waals surface area contributed by atoms with Crippen molar-refractivity contribution in [1.29, 1.82) is 0 Å². The van der Waals surface area contributed by atoms with Crippen molar-refractivity contribution in [2.45, 2.75) is 19.5 Å². The number of benzene rings is 2. The van der Waals surface area contributed by atoms with E-state index in [0.29, 0.717) is 27.9 Å². The summed E-state index contributed by atoms with van der Waals surface area (Å²) in [5, 5.41) is 5.40. The molecule has 0 atom stereocenters. The molecule has 2 heterocycles. The first-order valence-electron chi connectivity index (χ1n) is 10.5. The Bertz CT molecular complexity index is 1120. The number of hydrogen-bond acceptors (Lipinski definition) is 8. The van der Waals surface area contributed by atoms with E-state index in [4.69, 9.17) is 18.9 Å². The highest BCUT2D eigenvalue weighted by molar-refractivity contribution is 7.14. The van der Waals surface area contributed by atoms with E-state index >= 15 is 0 Å². The predicted octanol–water partition coefficient (Wildman–Crippen LogP) is 3.99. The summed E-state index contributed by atoms with van der Waals surface area (Å²) in [7, 11) is 6.25. The fourth-order valence-corrected chi connectivity index (χ4v) is 4.59. The zero-order valence-electron chi connectivity index (χ0n) is 19.1. The minimum Gasteiger partial charge on any atom is -0.497 e. The van der Waals surface area contributed by atoms with Gasteiger partial charge in [-0.3, -0.25) is 15.0 Å². The molecule has 1 aliphatic heterocycles. The van der Waals surface area contributed by atoms with E-state index in [-0.39, 0.29) is 5.91 Å². The van der Waals surface area contributed by atoms with Crippen LogP contribution in [0.3, 0.4) is 0 Å². The molecule has 9 heteroatoms. The number of methoxy groups -OCH3 is 4. The molecule has 0 bridgehead atoms. The Morgan fingerprint density at radius 2 is 1.79 bits per heavy atom. The number of thiazole rings is 1. The Morgan fingerprint density at radius 3 is 2.45 bits per heavy atom. The van der Waals surface area contributed by atoms with Crippen LogP contribution in [0.1, 0.15) is 27.2 Å². The smallest absolute Gasteiger partial charge is 0.257 e. The number of amides is 1. The molecule has 0 saturated heterocycles. The van der Waals surface area contributed by atoms with Crippen molar-refractivity contribution in [3.05, 3.63) is 58.1 Å². The average Bonchev–Trinajstić information content (AvgIpc) is 3.28. The molecular weight excluding hydrogens is 442 g/mol. The van der Waals surface area contributed by atoms with Crippen molar-refractivity contribution in [1.82, 2.24) is 9.88 Å². The third kappa shape index (κ3) is 5.04. The summed E-state index contributed by atoms with van der Waals surface area (Å²) in [4.78, 5) is 19.8. The zero-order valence-corrected chi connectivity index (χ0v) is 20.0. The first kappa shape index (κ1) is 22.9. The van der Waals surface area contributed by atoms with E-state index in [0.717, 1.165) is 37.5 Å². The maximum atomic E-state index is 12.8. The first-order valence-corrected chi connectivity index (χ1v) is 11.4. The molecule has 0 radical (unpaired) electrons. The van der Waals surface area contributed by atoms with Crippen LogP contribution >= 0.6 is 11.3 Å². The summed E-state index contributed by atoms with van der Waals surface area (Å²) < 4.78 is 21.3. The molecule has 8 nitrogen and oxygen atoms in total. The van der Waals surface area contributed by atoms with Gasteiger partial charge in [-0.15, -0.1) is 11.3 Å². The normalized spacial score (nSPS) is 13.2. The highest BCUT2D eigenvalue weighted by atomic mass is 32.1. The standard InChI is InChI=1S/C24H27N3O5S/c1-29-19-6-5-16-12-27(8-7-15(16)9-19)13-18-14-33-24(25-18)26-23(28)17-10-20(30-2)22(32-4)21(11-17)31-3/h5-6,9-11,14H,7-8,12-13H2,1-4H3,(H,25,26,28). The topological polar surface area (TPSA) is 82.2 Å². The molecule has 0 fully saturated rings. The number of carbonyl (C=O) groups is 1. The maximum Gasteiger partial charge on any atom is 0.257 e. The molecule has 1 aliphatic rings. The van der Waals surface area contributed by atoms with Crippen LogP contribution in [0, 0.1) is 0 Å². The van der Waals surface area contributed by atoms with Gasteiger partial charge >= 0.3 is 0 Å². The van der Waals surface area contributed by atoms with Crippen LogP contribution in [-0.2, 0) is 19.5 Å². The van der Waals surface area contributed by atoms with Crippen molar-refractivity contribution in [2.24, 2.45) is 0 Å². The highest BCUT2D eigenvalue weighted by Gasteiger charge is 2.20. The number of nitrogens with zero attached hydrogens (tertiary/aromatic N) is 2. The SMILES string of the molecule is COc1ccc2c(c1)CCN(Cc1csc(NC(=O)c3cc(OC)c(OC)c(OC)c3)n1)C2. The van der Waals surface area contributed by atoms with E-state index in [1.165, 1.54) is 43.8 Å². The molecule has 1 amide bonds. The molecule has 174 valence electrons. The quantitative estimate of drug-likeness (QED) is 0.534. The van der Waals surface area contributed by atoms with Gasteiger partial charge in [-0.25, -0.2) is 4.98 Å². The lowest BCUT2D eigenvalue weighted by Gasteiger charge is -2.28. The van der Waals surface area contributed by atoms with Gasteiger partial charge in [0.2, 0.25) is 5.75 Å². The average molecular weight is 470 g/mol. The molecule has 4 rings (SSSR count). The Morgan fingerprint density at radius 1 is 1.03 bits per heavy atom. The molecule has 0 aliphatic carbocycles. The van der Waals surface area contributed by atoms with Gasteiger partial charge in [-0.1, -0.05) is 6.07 Å². The number of aromatic nitrogens is 1. The monoisotopic (exact) mass is 469 g/mol. The number of fused-ring (bicyclic) bond motifs is 1. The van der Waals surface area contributed by atoms with Gasteiger partial charge in [0, 0.05) is 30.6 Å². The number of anilines is 1. The number of rotatable bonds is 8. The van der Waals surface area contributed by atoms with E-state index in [9.17, 15) is 4.79 Å². The minimum absolute atomic E-state index is 0.295. The molecule has 1 aromatic heterocycles. The van der Waals surface area contributed by atoms with Crippen molar-refractivity contribution >= 4 is 22.4 Å². The van der Waals surface area contributed by atoms with Crippen molar-refractivity contribution in [2.75, 3.05) is 40.3 Å². The summed E-state index contributed by atoms with van der Waals surface area (Å²) in [6.07, 6.45) is 0.974. The fourth-order valence-electron chi connectivity index (χ4n) is 3.90. The van der Waals surface area contributed by atoms with E-state index in [1.807, 2.05) is 11.4 Å². The Labute approximate surface area is 197 Å². The highest BCUT2D eigenvalue weighted by Crippen LogP contribution is 2.38. The second-order valence-electron chi connectivity index (χ2n) is 7.61. The molecule has 33 heavy (non-hydrogen) atoms. The zero-order chi connectivity index (χ0) is 23.4. The van der Waals surface area contributed by atoms with Gasteiger partial charge in [0.25, 0.3) is 5.91 Å². The fraction of sp³-hybridized carbons (Fsp3) is 0.333. The third-order valence-corrected chi connectivity index (χ3v) is 6.40. The van der Waals surface area contributed by atoms with Gasteiger partial charge in [0.05, 0.1) is 34.1 Å². The Balaban J connectivity index is 1.41. The lowest BCUT2D eigenvalue weighted by atomic mass is 9.99. The second kappa shape index (κ2) is 10.1. The maximum absolute atomic E-state index is 12.8. The number of hydrogen-bond donors (Lipinski definition) is 1. The van der Waals surface area contributed by atoms with Crippen LogP contribution in [0.25, 0.3) is 0 Å². The van der Waals surface area contributed by atoms with Crippen LogP contribution < -0.4 is 24.3 Å². The minimum atomic E-state index is -0.295. The summed E-state index contributed by atoms with van der Waals surface area (Å²) in [6, 6.07) is 9.48. The Kier molecular flexibility index (Phi) is 7.00. The van der Waals surface area contributed by atoms with Crippen LogP contribution in [-0.4, -0.2) is 50.8 Å². The van der Waals surface area contributed by atoms with Gasteiger partial charge in [0.15, 0.2) is 16.6 Å². The summed E-state index contributed by atoms with van der Waals surface area (Å²) in [5.74, 6) is 1.88. The van der Waals surface area contributed by atoms with Crippen LogP contribution in [0.5, 0.6) is 23.0 Å². The molecule has 2 aromatic carbocycles. The van der Waals surface area contributed by atoms with Crippen LogP contribution in [0.15, 0.2) is 35.7 Å². The predicted molar refractivity (Wildman–Crippen MR) is 127 cm³/mol. The van der Waals surface area contributed by atoms with Crippen molar-refractivity contribution < 1.29 is 23.7 Å². The second-order valence-corrected chi connectivity index (χ2v) is 8.47. The van der Waals surface area contributed by atoms with Gasteiger partial charge < -0.3 is 18.9 Å². The molecule has 0 spiro atoms. The van der Waals surface area contributed by atoms with Gasteiger partial charge in [-0.2, -0.15) is 0 Å². The number of carbonyl (C=O) groups excluding carboxylic acids is 1. The molecule has 1 N–H and O–H groups in total. The van der Waals surface area contributed by atoms with Crippen LogP contribution in [0.4, 0.5) is 5.13 Å². The number of nitrogens with one attached hydrogen (secondary N) is 1. The van der Waals surface area contributed by atoms with Gasteiger partial charge in [-0.05, 0) is 41.8 Å². The first-order chi connectivity index (χ1) is 16.0. The van der Waals surface area contributed by atoms with Gasteiger partial charge in [0.1, 0.15) is 5.75 Å². The summed E-state index contributed by atoms with van der Waals surface area (Å²) in [6.45, 7) is 2.54. The largest absolute Gasteiger partial charge is 0.497 e. The molecule has 3 aromatic rings. The summed E-state index contributed by atoms with van der Waals surface area (Å²) in [5.41, 5.74) is 3.97. The Hall–Kier alpha value is -3.30. The lowest BCUT2D eigenvalue weighted by Crippen LogP contribution is -2.30. The van der Waals surface area contributed by atoms with Crippen molar-refractivity contribution in [3.8, 4) is 23.0 Å². The number of ether oxygens (including phenoxy) is 4. The molecule has 0 saturated carbocycles. The summed E-state index contributed by atoms with van der Waals surface area (Å²) >= 11 is 1.41. The van der Waals surface area contributed by atoms with Crippen LogP contribution in [0.2, 0.25) is 0 Å². The van der Waals surface area contributed by atoms with E-state index < -0.39 is 0 Å². The van der Waals surface area contributed by atoms with E-state index in [2.05, 4.69) is 27.3 Å². The van der Waals surface area contributed by atoms with E-state index in [1.54, 1.807) is 19.2 Å².